The van der Waals surface area contributed by atoms with Crippen molar-refractivity contribution in [1.82, 2.24) is 9.88 Å². The number of nitrogens with zero attached hydrogens (tertiary/aromatic N) is 2. The maximum Gasteiger partial charge on any atom is 0.293 e. The lowest BCUT2D eigenvalue weighted by atomic mass is 10.2. The molecule has 0 fully saturated rings. The van der Waals surface area contributed by atoms with Crippen molar-refractivity contribution in [2.24, 2.45) is 0 Å². The van der Waals surface area contributed by atoms with Gasteiger partial charge in [0.1, 0.15) is 5.52 Å². The van der Waals surface area contributed by atoms with Crippen molar-refractivity contribution in [1.29, 1.82) is 0 Å². The average Bonchev–Trinajstić information content (AvgIpc) is 2.79. The van der Waals surface area contributed by atoms with Crippen molar-refractivity contribution in [3.63, 3.8) is 0 Å². The van der Waals surface area contributed by atoms with Gasteiger partial charge in [0.05, 0.1) is 4.92 Å². The van der Waals surface area contributed by atoms with Crippen LogP contribution in [0.2, 0.25) is 0 Å². The van der Waals surface area contributed by atoms with Gasteiger partial charge in [-0.25, -0.2) is 0 Å². The summed E-state index contributed by atoms with van der Waals surface area (Å²) in [6, 6.07) is 6.78. The molecule has 0 unspecified atom stereocenters. The van der Waals surface area contributed by atoms with Crippen molar-refractivity contribution in [2.75, 3.05) is 6.54 Å². The molecular formula is C13H15N3O3. The summed E-state index contributed by atoms with van der Waals surface area (Å²) in [6.07, 6.45) is 2.08. The van der Waals surface area contributed by atoms with E-state index in [1.807, 2.05) is 19.1 Å². The number of carbonyl (C=O) groups excluding carboxylic acids is 1. The van der Waals surface area contributed by atoms with E-state index in [1.165, 1.54) is 6.07 Å². The van der Waals surface area contributed by atoms with Crippen LogP contribution in [0.3, 0.4) is 0 Å². The van der Waals surface area contributed by atoms with E-state index in [0.717, 1.165) is 5.39 Å². The normalized spacial score (nSPS) is 10.6. The van der Waals surface area contributed by atoms with Crippen molar-refractivity contribution < 1.29 is 9.72 Å². The van der Waals surface area contributed by atoms with Crippen LogP contribution in [-0.4, -0.2) is 21.9 Å². The highest BCUT2D eigenvalue weighted by Crippen LogP contribution is 2.26. The molecule has 2 rings (SSSR count). The molecule has 0 saturated heterocycles. The number of rotatable bonds is 5. The average molecular weight is 261 g/mol. The lowest BCUT2D eigenvalue weighted by Gasteiger charge is -2.06. The predicted molar refractivity (Wildman–Crippen MR) is 71.9 cm³/mol. The molecule has 6 heteroatoms. The Morgan fingerprint density at radius 3 is 2.89 bits per heavy atom. The Hall–Kier alpha value is -2.37. The minimum Gasteiger partial charge on any atom is -0.356 e. The SMILES string of the molecule is CCNC(=O)CCn1ccc2cccc([N+](=O)[O-])c21. The Bertz CT molecular complexity index is 619. The van der Waals surface area contributed by atoms with Gasteiger partial charge >= 0.3 is 0 Å². The number of amides is 1. The first-order valence-corrected chi connectivity index (χ1v) is 6.12. The van der Waals surface area contributed by atoms with Gasteiger partial charge in [-0.1, -0.05) is 12.1 Å². The first-order valence-electron chi connectivity index (χ1n) is 6.12. The van der Waals surface area contributed by atoms with E-state index in [0.29, 0.717) is 25.0 Å². The molecule has 19 heavy (non-hydrogen) atoms. The fourth-order valence-electron chi connectivity index (χ4n) is 2.08. The van der Waals surface area contributed by atoms with Gasteiger partial charge in [0.15, 0.2) is 0 Å². The molecule has 0 radical (unpaired) electrons. The summed E-state index contributed by atoms with van der Waals surface area (Å²) in [6.45, 7) is 2.87. The molecule has 1 N–H and O–H groups in total. The fourth-order valence-corrected chi connectivity index (χ4v) is 2.08. The Morgan fingerprint density at radius 1 is 1.42 bits per heavy atom. The summed E-state index contributed by atoms with van der Waals surface area (Å²) in [5.41, 5.74) is 0.634. The standard InChI is InChI=1S/C13H15N3O3/c1-2-14-12(17)7-9-15-8-6-10-4-3-5-11(13(10)15)16(18)19/h3-6,8H,2,7,9H2,1H3,(H,14,17). The van der Waals surface area contributed by atoms with Crippen LogP contribution in [0.5, 0.6) is 0 Å². The van der Waals surface area contributed by atoms with Crippen molar-refractivity contribution >= 4 is 22.5 Å². The quantitative estimate of drug-likeness (QED) is 0.661. The van der Waals surface area contributed by atoms with E-state index < -0.39 is 4.92 Å². The van der Waals surface area contributed by atoms with Crippen LogP contribution in [0.25, 0.3) is 10.9 Å². The van der Waals surface area contributed by atoms with Gasteiger partial charge < -0.3 is 9.88 Å². The molecule has 0 saturated carbocycles. The van der Waals surface area contributed by atoms with Crippen LogP contribution < -0.4 is 5.32 Å². The molecule has 100 valence electrons. The van der Waals surface area contributed by atoms with Crippen LogP contribution in [0.4, 0.5) is 5.69 Å². The second-order valence-corrected chi connectivity index (χ2v) is 4.18. The lowest BCUT2D eigenvalue weighted by Crippen LogP contribution is -2.23. The molecule has 0 spiro atoms. The van der Waals surface area contributed by atoms with Gasteiger partial charge in [0.2, 0.25) is 5.91 Å². The molecule has 1 aromatic carbocycles. The second kappa shape index (κ2) is 5.51. The van der Waals surface area contributed by atoms with E-state index >= 15 is 0 Å². The number of nitro groups is 1. The van der Waals surface area contributed by atoms with Crippen LogP contribution in [-0.2, 0) is 11.3 Å². The molecule has 6 nitrogen and oxygen atoms in total. The van der Waals surface area contributed by atoms with Gasteiger partial charge in [0, 0.05) is 37.2 Å². The number of hydrogen-bond acceptors (Lipinski definition) is 3. The number of nitrogens with one attached hydrogen (secondary N) is 1. The highest BCUT2D eigenvalue weighted by molar-refractivity contribution is 5.88. The Balaban J connectivity index is 2.29. The van der Waals surface area contributed by atoms with Crippen molar-refractivity contribution in [3.8, 4) is 0 Å². The summed E-state index contributed by atoms with van der Waals surface area (Å²) >= 11 is 0. The van der Waals surface area contributed by atoms with E-state index in [1.54, 1.807) is 16.8 Å². The Kier molecular flexibility index (Phi) is 3.79. The first kappa shape index (κ1) is 13.1. The Labute approximate surface area is 110 Å². The minimum absolute atomic E-state index is 0.0528. The summed E-state index contributed by atoms with van der Waals surface area (Å²) in [5.74, 6) is -0.0528. The molecule has 1 amide bonds. The highest BCUT2D eigenvalue weighted by atomic mass is 16.6. The smallest absolute Gasteiger partial charge is 0.293 e. The number of para-hydroxylation sites is 1. The van der Waals surface area contributed by atoms with E-state index in [-0.39, 0.29) is 11.6 Å². The van der Waals surface area contributed by atoms with Crippen molar-refractivity contribution in [2.45, 2.75) is 19.9 Å². The van der Waals surface area contributed by atoms with Gasteiger partial charge in [-0.2, -0.15) is 0 Å². The van der Waals surface area contributed by atoms with E-state index in [9.17, 15) is 14.9 Å². The monoisotopic (exact) mass is 261 g/mol. The highest BCUT2D eigenvalue weighted by Gasteiger charge is 2.15. The largest absolute Gasteiger partial charge is 0.356 e. The number of aryl methyl sites for hydroxylation is 1. The fraction of sp³-hybridized carbons (Fsp3) is 0.308. The molecule has 0 aliphatic rings. The van der Waals surface area contributed by atoms with Crippen LogP contribution in [0, 0.1) is 10.1 Å². The van der Waals surface area contributed by atoms with E-state index in [2.05, 4.69) is 5.32 Å². The van der Waals surface area contributed by atoms with Crippen LogP contribution in [0.15, 0.2) is 30.5 Å². The molecule has 1 heterocycles. The van der Waals surface area contributed by atoms with Gasteiger partial charge in [-0.3, -0.25) is 14.9 Å². The lowest BCUT2D eigenvalue weighted by molar-refractivity contribution is -0.383. The van der Waals surface area contributed by atoms with Gasteiger partial charge in [-0.05, 0) is 13.0 Å². The number of hydrogen-bond donors (Lipinski definition) is 1. The molecule has 1 aromatic heterocycles. The topological polar surface area (TPSA) is 77.2 Å². The summed E-state index contributed by atoms with van der Waals surface area (Å²) < 4.78 is 1.75. The van der Waals surface area contributed by atoms with Gasteiger partial charge in [0.25, 0.3) is 5.69 Å². The summed E-state index contributed by atoms with van der Waals surface area (Å²) in [7, 11) is 0. The van der Waals surface area contributed by atoms with Crippen molar-refractivity contribution in [3.05, 3.63) is 40.6 Å². The minimum atomic E-state index is -0.398. The third kappa shape index (κ3) is 2.73. The van der Waals surface area contributed by atoms with Crippen LogP contribution >= 0.6 is 0 Å². The summed E-state index contributed by atoms with van der Waals surface area (Å²) in [4.78, 5) is 22.1. The second-order valence-electron chi connectivity index (χ2n) is 4.18. The number of nitro benzene ring substituents is 1. The number of carbonyl (C=O) groups is 1. The molecular weight excluding hydrogens is 246 g/mol. The zero-order chi connectivity index (χ0) is 13.8. The Morgan fingerprint density at radius 2 is 2.21 bits per heavy atom. The van der Waals surface area contributed by atoms with Crippen LogP contribution in [0.1, 0.15) is 13.3 Å². The first-order chi connectivity index (χ1) is 9.13. The predicted octanol–water partition coefficient (Wildman–Crippen LogP) is 2.08. The zero-order valence-electron chi connectivity index (χ0n) is 10.6. The maximum atomic E-state index is 11.4. The molecule has 2 aromatic rings. The third-order valence-corrected chi connectivity index (χ3v) is 2.92. The summed E-state index contributed by atoms with van der Waals surface area (Å²) in [5, 5.41) is 14.5. The molecule has 0 bridgehead atoms. The van der Waals surface area contributed by atoms with E-state index in [4.69, 9.17) is 0 Å². The number of aromatic nitrogens is 1. The maximum absolute atomic E-state index is 11.4. The molecule has 0 atom stereocenters. The molecule has 0 aliphatic heterocycles. The number of fused-ring (bicyclic) bond motifs is 1. The zero-order valence-corrected chi connectivity index (χ0v) is 10.6. The van der Waals surface area contributed by atoms with Gasteiger partial charge in [-0.15, -0.1) is 0 Å². The number of non-ortho nitro benzene ring substituents is 1. The third-order valence-electron chi connectivity index (χ3n) is 2.92. The molecule has 0 aliphatic carbocycles. The number of benzene rings is 1.